The zero-order valence-corrected chi connectivity index (χ0v) is 12.3. The highest BCUT2D eigenvalue weighted by atomic mass is 35.5. The van der Waals surface area contributed by atoms with E-state index in [0.717, 1.165) is 23.8 Å². The summed E-state index contributed by atoms with van der Waals surface area (Å²) in [6.45, 7) is 1.28. The largest absolute Gasteiger partial charge is 0.494 e. The number of benzene rings is 1. The Bertz CT molecular complexity index is 372. The van der Waals surface area contributed by atoms with E-state index in [4.69, 9.17) is 4.74 Å². The molecule has 0 bridgehead atoms. The van der Waals surface area contributed by atoms with Crippen molar-refractivity contribution in [1.29, 1.82) is 0 Å². The van der Waals surface area contributed by atoms with Gasteiger partial charge in [0.15, 0.2) is 0 Å². The van der Waals surface area contributed by atoms with Crippen molar-refractivity contribution >= 4 is 30.1 Å². The first-order valence-corrected chi connectivity index (χ1v) is 7.28. The van der Waals surface area contributed by atoms with Crippen molar-refractivity contribution in [1.82, 2.24) is 10.6 Å². The van der Waals surface area contributed by atoms with Gasteiger partial charge in [0.05, 0.1) is 12.6 Å². The molecule has 1 heterocycles. The first kappa shape index (κ1) is 16.1. The van der Waals surface area contributed by atoms with Gasteiger partial charge in [0.1, 0.15) is 5.75 Å². The number of amides is 1. The number of carbonyl (C=O) groups is 1. The number of para-hydroxylation sites is 1. The van der Waals surface area contributed by atoms with Crippen LogP contribution in [0.3, 0.4) is 0 Å². The number of ether oxygens (including phenoxy) is 1. The Kier molecular flexibility index (Phi) is 7.70. The highest BCUT2D eigenvalue weighted by molar-refractivity contribution is 7.99. The summed E-state index contributed by atoms with van der Waals surface area (Å²) in [6.07, 6.45) is 0.820. The lowest BCUT2D eigenvalue weighted by Crippen LogP contribution is -2.42. The summed E-state index contributed by atoms with van der Waals surface area (Å²) in [5.41, 5.74) is 0. The average molecular weight is 303 g/mol. The molecule has 1 atom stereocenters. The Labute approximate surface area is 124 Å². The quantitative estimate of drug-likeness (QED) is 0.785. The third kappa shape index (κ3) is 5.72. The minimum Gasteiger partial charge on any atom is -0.494 e. The molecule has 106 valence electrons. The van der Waals surface area contributed by atoms with Gasteiger partial charge >= 0.3 is 0 Å². The van der Waals surface area contributed by atoms with Crippen molar-refractivity contribution in [2.45, 2.75) is 12.5 Å². The summed E-state index contributed by atoms with van der Waals surface area (Å²) in [5.74, 6) is 2.71. The van der Waals surface area contributed by atoms with E-state index in [-0.39, 0.29) is 24.4 Å². The van der Waals surface area contributed by atoms with Crippen LogP contribution >= 0.6 is 24.2 Å². The lowest BCUT2D eigenvalue weighted by molar-refractivity contribution is -0.122. The molecule has 0 spiro atoms. The molecular weight excluding hydrogens is 284 g/mol. The monoisotopic (exact) mass is 302 g/mol. The van der Waals surface area contributed by atoms with Crippen molar-refractivity contribution in [2.75, 3.05) is 24.8 Å². The van der Waals surface area contributed by atoms with E-state index in [1.54, 1.807) is 11.8 Å². The van der Waals surface area contributed by atoms with Crippen LogP contribution in [0.25, 0.3) is 0 Å². The van der Waals surface area contributed by atoms with Crippen molar-refractivity contribution < 1.29 is 9.53 Å². The minimum atomic E-state index is -0.0231. The van der Waals surface area contributed by atoms with Gasteiger partial charge in [-0.25, -0.2) is 0 Å². The Hall–Kier alpha value is -0.910. The molecule has 6 heteroatoms. The van der Waals surface area contributed by atoms with Crippen LogP contribution in [0.2, 0.25) is 0 Å². The van der Waals surface area contributed by atoms with Gasteiger partial charge in [-0.05, 0) is 18.6 Å². The normalized spacial score (nSPS) is 17.6. The highest BCUT2D eigenvalue weighted by Crippen LogP contribution is 2.09. The van der Waals surface area contributed by atoms with Crippen LogP contribution < -0.4 is 15.4 Å². The van der Waals surface area contributed by atoms with E-state index < -0.39 is 0 Å². The molecule has 0 aliphatic carbocycles. The molecule has 19 heavy (non-hydrogen) atoms. The van der Waals surface area contributed by atoms with E-state index >= 15 is 0 Å². The fraction of sp³-hybridized carbons (Fsp3) is 0.462. The molecule has 1 aliphatic heterocycles. The van der Waals surface area contributed by atoms with E-state index in [2.05, 4.69) is 10.6 Å². The maximum absolute atomic E-state index is 11.7. The fourth-order valence-electron chi connectivity index (χ4n) is 1.68. The van der Waals surface area contributed by atoms with Gasteiger partial charge in [-0.3, -0.25) is 10.1 Å². The van der Waals surface area contributed by atoms with Gasteiger partial charge < -0.3 is 10.1 Å². The Morgan fingerprint density at radius 3 is 2.89 bits per heavy atom. The number of thioether (sulfide) groups is 1. The Morgan fingerprint density at radius 2 is 2.21 bits per heavy atom. The smallest absolute Gasteiger partial charge is 0.238 e. The lowest BCUT2D eigenvalue weighted by Gasteiger charge is -2.10. The van der Waals surface area contributed by atoms with Crippen molar-refractivity contribution in [3.63, 3.8) is 0 Å². The molecular formula is C13H19ClN2O2S. The third-order valence-corrected chi connectivity index (χ3v) is 3.60. The number of rotatable bonds is 6. The summed E-state index contributed by atoms with van der Waals surface area (Å²) >= 11 is 1.75. The number of nitrogens with one attached hydrogen (secondary N) is 2. The Balaban J connectivity index is 0.00000180. The maximum Gasteiger partial charge on any atom is 0.238 e. The van der Waals surface area contributed by atoms with E-state index in [1.807, 2.05) is 30.3 Å². The predicted molar refractivity (Wildman–Crippen MR) is 81.1 cm³/mol. The molecule has 1 aromatic rings. The SMILES string of the molecule is Cl.O=C(NCCCOc1ccccc1)C1CSCN1. The standard InChI is InChI=1S/C13H18N2O2S.ClH/c16-13(12-9-18-10-15-12)14-7-4-8-17-11-5-2-1-3-6-11;/h1-3,5-6,12,15H,4,7-10H2,(H,14,16);1H. The van der Waals surface area contributed by atoms with Crippen LogP contribution in [0, 0.1) is 0 Å². The Morgan fingerprint density at radius 1 is 1.42 bits per heavy atom. The zero-order chi connectivity index (χ0) is 12.6. The minimum absolute atomic E-state index is 0. The fourth-order valence-corrected chi connectivity index (χ4v) is 2.62. The number of hydrogen-bond donors (Lipinski definition) is 2. The second-order valence-electron chi connectivity index (χ2n) is 4.08. The van der Waals surface area contributed by atoms with Crippen LogP contribution in [0.1, 0.15) is 6.42 Å². The topological polar surface area (TPSA) is 50.4 Å². The first-order chi connectivity index (χ1) is 8.86. The summed E-state index contributed by atoms with van der Waals surface area (Å²) in [6, 6.07) is 9.68. The summed E-state index contributed by atoms with van der Waals surface area (Å²) < 4.78 is 5.54. The first-order valence-electron chi connectivity index (χ1n) is 6.13. The molecule has 1 fully saturated rings. The van der Waals surface area contributed by atoms with Crippen molar-refractivity contribution in [2.24, 2.45) is 0 Å². The molecule has 0 radical (unpaired) electrons. The van der Waals surface area contributed by atoms with Gasteiger partial charge in [0.2, 0.25) is 5.91 Å². The van der Waals surface area contributed by atoms with Gasteiger partial charge in [0.25, 0.3) is 0 Å². The molecule has 2 N–H and O–H groups in total. The molecule has 1 unspecified atom stereocenters. The predicted octanol–water partition coefficient (Wildman–Crippen LogP) is 1.66. The number of carbonyl (C=O) groups excluding carboxylic acids is 1. The van der Waals surface area contributed by atoms with Crippen molar-refractivity contribution in [3.05, 3.63) is 30.3 Å². The maximum atomic E-state index is 11.7. The summed E-state index contributed by atoms with van der Waals surface area (Å²) in [4.78, 5) is 11.7. The second kappa shape index (κ2) is 9.07. The average Bonchev–Trinajstić information content (AvgIpc) is 2.93. The van der Waals surface area contributed by atoms with Crippen LogP contribution in [0.15, 0.2) is 30.3 Å². The third-order valence-electron chi connectivity index (χ3n) is 2.67. The summed E-state index contributed by atoms with van der Waals surface area (Å²) in [7, 11) is 0. The van der Waals surface area contributed by atoms with E-state index in [0.29, 0.717) is 13.2 Å². The molecule has 0 saturated carbocycles. The summed E-state index contributed by atoms with van der Waals surface area (Å²) in [5, 5.41) is 6.06. The van der Waals surface area contributed by atoms with Gasteiger partial charge in [-0.1, -0.05) is 18.2 Å². The van der Waals surface area contributed by atoms with Crippen LogP contribution in [0.4, 0.5) is 0 Å². The van der Waals surface area contributed by atoms with Crippen LogP contribution in [0.5, 0.6) is 5.75 Å². The number of halogens is 1. The highest BCUT2D eigenvalue weighted by Gasteiger charge is 2.21. The molecule has 0 aromatic heterocycles. The van der Waals surface area contributed by atoms with Gasteiger partial charge in [-0.15, -0.1) is 24.2 Å². The molecule has 4 nitrogen and oxygen atoms in total. The van der Waals surface area contributed by atoms with Crippen LogP contribution in [-0.4, -0.2) is 36.7 Å². The van der Waals surface area contributed by atoms with Crippen LogP contribution in [-0.2, 0) is 4.79 Å². The zero-order valence-electron chi connectivity index (χ0n) is 10.6. The molecule has 1 saturated heterocycles. The van der Waals surface area contributed by atoms with Gasteiger partial charge in [-0.2, -0.15) is 0 Å². The number of hydrogen-bond acceptors (Lipinski definition) is 4. The van der Waals surface area contributed by atoms with E-state index in [1.165, 1.54) is 0 Å². The molecule has 2 rings (SSSR count). The second-order valence-corrected chi connectivity index (χ2v) is 5.11. The lowest BCUT2D eigenvalue weighted by atomic mass is 10.3. The molecule has 1 aliphatic rings. The van der Waals surface area contributed by atoms with E-state index in [9.17, 15) is 4.79 Å². The van der Waals surface area contributed by atoms with Gasteiger partial charge in [0, 0.05) is 18.2 Å². The molecule has 1 aromatic carbocycles. The molecule has 1 amide bonds. The van der Waals surface area contributed by atoms with Crippen molar-refractivity contribution in [3.8, 4) is 5.75 Å².